The number of amides is 1. The molecule has 1 heterocycles. The van der Waals surface area contributed by atoms with Gasteiger partial charge in [0.25, 0.3) is 5.91 Å². The molecule has 1 N–H and O–H groups in total. The van der Waals surface area contributed by atoms with Crippen LogP contribution in [0.2, 0.25) is 0 Å². The summed E-state index contributed by atoms with van der Waals surface area (Å²) in [5.74, 6) is -1.00. The van der Waals surface area contributed by atoms with Crippen molar-refractivity contribution in [2.24, 2.45) is 5.92 Å². The van der Waals surface area contributed by atoms with Gasteiger partial charge in [-0.1, -0.05) is 44.2 Å². The Morgan fingerprint density at radius 3 is 2.58 bits per heavy atom. The van der Waals surface area contributed by atoms with Crippen molar-refractivity contribution in [3.63, 3.8) is 0 Å². The van der Waals surface area contributed by atoms with E-state index < -0.39 is 17.5 Å². The van der Waals surface area contributed by atoms with Crippen LogP contribution in [0.25, 0.3) is 17.0 Å². The van der Waals surface area contributed by atoms with Crippen LogP contribution in [0.1, 0.15) is 29.8 Å². The number of hydrogen-bond acceptors (Lipinski definition) is 6. The van der Waals surface area contributed by atoms with Crippen molar-refractivity contribution in [2.45, 2.75) is 13.8 Å². The Hall–Kier alpha value is -4.18. The molecule has 0 fully saturated rings. The first kappa shape index (κ1) is 21.5. The quantitative estimate of drug-likeness (QED) is 0.216. The molecule has 31 heavy (non-hydrogen) atoms. The fourth-order valence-electron chi connectivity index (χ4n) is 2.72. The second-order valence-electron chi connectivity index (χ2n) is 7.22. The van der Waals surface area contributed by atoms with Crippen LogP contribution in [-0.4, -0.2) is 18.4 Å². The van der Waals surface area contributed by atoms with Gasteiger partial charge in [0.2, 0.25) is 0 Å². The summed E-state index contributed by atoms with van der Waals surface area (Å²) in [4.78, 5) is 36.8. The minimum absolute atomic E-state index is 0.101. The van der Waals surface area contributed by atoms with Crippen molar-refractivity contribution in [2.75, 3.05) is 6.54 Å². The molecule has 156 valence electrons. The van der Waals surface area contributed by atoms with E-state index in [4.69, 9.17) is 9.15 Å². The predicted molar refractivity (Wildman–Crippen MR) is 115 cm³/mol. The number of esters is 1. The second-order valence-corrected chi connectivity index (χ2v) is 7.22. The zero-order chi connectivity index (χ0) is 22.4. The highest BCUT2D eigenvalue weighted by Gasteiger charge is 2.16. The summed E-state index contributed by atoms with van der Waals surface area (Å²) in [6.45, 7) is 4.32. The summed E-state index contributed by atoms with van der Waals surface area (Å²) in [6, 6.07) is 16.6. The Morgan fingerprint density at radius 1 is 1.16 bits per heavy atom. The van der Waals surface area contributed by atoms with Crippen LogP contribution in [0.5, 0.6) is 5.75 Å². The lowest BCUT2D eigenvalue weighted by molar-refractivity contribution is -0.129. The third kappa shape index (κ3) is 5.46. The molecule has 0 saturated carbocycles. The number of rotatable bonds is 6. The van der Waals surface area contributed by atoms with Crippen LogP contribution < -0.4 is 15.7 Å². The van der Waals surface area contributed by atoms with Gasteiger partial charge in [0.15, 0.2) is 0 Å². The number of fused-ring (bicyclic) bond motifs is 1. The second kappa shape index (κ2) is 9.55. The topological polar surface area (TPSA) is 109 Å². The van der Waals surface area contributed by atoms with Crippen LogP contribution in [0.3, 0.4) is 0 Å². The Kier molecular flexibility index (Phi) is 6.63. The minimum atomic E-state index is -0.835. The molecule has 2 aromatic carbocycles. The molecule has 1 aromatic heterocycles. The van der Waals surface area contributed by atoms with E-state index in [1.807, 2.05) is 26.0 Å². The van der Waals surface area contributed by atoms with Crippen LogP contribution >= 0.6 is 0 Å². The molecule has 0 bridgehead atoms. The van der Waals surface area contributed by atoms with Crippen LogP contribution in [-0.2, 0) is 4.79 Å². The molecule has 0 spiro atoms. The minimum Gasteiger partial charge on any atom is -0.422 e. The molecular weight excluding hydrogens is 396 g/mol. The Morgan fingerprint density at radius 2 is 1.90 bits per heavy atom. The standard InChI is InChI=1S/C24H20N2O5/c1-15(2)14-26-22(27)20-11-17-8-9-19(12-21(17)31-24(20)29)30-23(28)18(13-25)10-16-6-4-3-5-7-16/h3-12,15H,14H2,1-2H3,(H,26,27)/b18-10+. The molecule has 0 atom stereocenters. The molecular formula is C24H20N2O5. The molecule has 3 aromatic rings. The van der Waals surface area contributed by atoms with Gasteiger partial charge < -0.3 is 14.5 Å². The molecule has 1 amide bonds. The van der Waals surface area contributed by atoms with E-state index in [9.17, 15) is 19.6 Å². The van der Waals surface area contributed by atoms with Gasteiger partial charge in [-0.2, -0.15) is 5.26 Å². The Labute approximate surface area is 178 Å². The fraction of sp³-hybridized carbons (Fsp3) is 0.167. The number of benzene rings is 2. The lowest BCUT2D eigenvalue weighted by atomic mass is 10.1. The number of carbonyl (C=O) groups excluding carboxylic acids is 2. The Bertz CT molecular complexity index is 1250. The SMILES string of the molecule is CC(C)CNC(=O)c1cc2ccc(OC(=O)/C(C#N)=C/c3ccccc3)cc2oc1=O. The molecule has 0 aliphatic rings. The smallest absolute Gasteiger partial charge is 0.354 e. The number of nitrogens with zero attached hydrogens (tertiary/aromatic N) is 1. The molecule has 7 heteroatoms. The zero-order valence-electron chi connectivity index (χ0n) is 17.0. The average Bonchev–Trinajstić information content (AvgIpc) is 2.75. The van der Waals surface area contributed by atoms with Gasteiger partial charge >= 0.3 is 11.6 Å². The number of nitriles is 1. The lowest BCUT2D eigenvalue weighted by Crippen LogP contribution is -2.31. The van der Waals surface area contributed by atoms with Gasteiger partial charge in [-0.15, -0.1) is 0 Å². The third-order valence-electron chi connectivity index (χ3n) is 4.28. The molecule has 7 nitrogen and oxygen atoms in total. The van der Waals surface area contributed by atoms with E-state index in [1.54, 1.807) is 30.3 Å². The van der Waals surface area contributed by atoms with Crippen molar-refractivity contribution in [3.05, 3.63) is 81.7 Å². The highest BCUT2D eigenvalue weighted by atomic mass is 16.5. The van der Waals surface area contributed by atoms with E-state index in [0.717, 1.165) is 0 Å². The maximum absolute atomic E-state index is 12.4. The number of carbonyl (C=O) groups is 2. The van der Waals surface area contributed by atoms with E-state index in [-0.39, 0.29) is 28.4 Å². The van der Waals surface area contributed by atoms with E-state index >= 15 is 0 Å². The van der Waals surface area contributed by atoms with Gasteiger partial charge in [0.05, 0.1) is 0 Å². The highest BCUT2D eigenvalue weighted by Crippen LogP contribution is 2.22. The van der Waals surface area contributed by atoms with Crippen molar-refractivity contribution in [1.82, 2.24) is 5.32 Å². The van der Waals surface area contributed by atoms with E-state index in [1.165, 1.54) is 24.3 Å². The number of ether oxygens (including phenoxy) is 1. The first-order valence-electron chi connectivity index (χ1n) is 9.62. The van der Waals surface area contributed by atoms with E-state index in [0.29, 0.717) is 17.5 Å². The molecule has 0 saturated heterocycles. The van der Waals surface area contributed by atoms with Gasteiger partial charge in [-0.25, -0.2) is 9.59 Å². The highest BCUT2D eigenvalue weighted by molar-refractivity contribution is 5.99. The summed E-state index contributed by atoms with van der Waals surface area (Å²) in [5.41, 5.74) is -0.232. The van der Waals surface area contributed by atoms with Crippen molar-refractivity contribution in [3.8, 4) is 11.8 Å². The monoisotopic (exact) mass is 416 g/mol. The summed E-state index contributed by atoms with van der Waals surface area (Å²) >= 11 is 0. The molecule has 0 unspecified atom stereocenters. The molecule has 0 aliphatic heterocycles. The molecule has 0 radical (unpaired) electrons. The molecule has 3 rings (SSSR count). The fourth-order valence-corrected chi connectivity index (χ4v) is 2.72. The van der Waals surface area contributed by atoms with Gasteiger partial charge in [-0.3, -0.25) is 4.79 Å². The van der Waals surface area contributed by atoms with Crippen LogP contribution in [0, 0.1) is 17.2 Å². The van der Waals surface area contributed by atoms with Crippen molar-refractivity contribution in [1.29, 1.82) is 5.26 Å². The first-order valence-corrected chi connectivity index (χ1v) is 9.62. The summed E-state index contributed by atoms with van der Waals surface area (Å²) in [7, 11) is 0. The Balaban J connectivity index is 1.82. The van der Waals surface area contributed by atoms with Gasteiger partial charge in [-0.05, 0) is 35.8 Å². The largest absolute Gasteiger partial charge is 0.422 e. The zero-order valence-corrected chi connectivity index (χ0v) is 17.0. The normalized spacial score (nSPS) is 11.2. The maximum atomic E-state index is 12.4. The summed E-state index contributed by atoms with van der Waals surface area (Å²) in [5, 5.41) is 12.5. The summed E-state index contributed by atoms with van der Waals surface area (Å²) in [6.07, 6.45) is 1.42. The van der Waals surface area contributed by atoms with Gasteiger partial charge in [0, 0.05) is 18.0 Å². The van der Waals surface area contributed by atoms with Crippen LogP contribution in [0.4, 0.5) is 0 Å². The van der Waals surface area contributed by atoms with Crippen molar-refractivity contribution < 1.29 is 18.7 Å². The van der Waals surface area contributed by atoms with Gasteiger partial charge in [0.1, 0.15) is 28.5 Å². The first-order chi connectivity index (χ1) is 14.9. The third-order valence-corrected chi connectivity index (χ3v) is 4.28. The maximum Gasteiger partial charge on any atom is 0.354 e. The number of hydrogen-bond donors (Lipinski definition) is 1. The lowest BCUT2D eigenvalue weighted by Gasteiger charge is -2.08. The van der Waals surface area contributed by atoms with Crippen molar-refractivity contribution >= 4 is 28.9 Å². The van der Waals surface area contributed by atoms with E-state index in [2.05, 4.69) is 5.32 Å². The summed E-state index contributed by atoms with van der Waals surface area (Å²) < 4.78 is 10.5. The number of nitrogens with one attached hydrogen (secondary N) is 1. The predicted octanol–water partition coefficient (Wildman–Crippen LogP) is 3.69. The average molecular weight is 416 g/mol. The molecule has 0 aliphatic carbocycles. The van der Waals surface area contributed by atoms with Crippen LogP contribution in [0.15, 0.2) is 69.4 Å².